The van der Waals surface area contributed by atoms with Crippen molar-refractivity contribution in [3.63, 3.8) is 0 Å². The van der Waals surface area contributed by atoms with Crippen LogP contribution < -0.4 is 0 Å². The minimum Gasteiger partial charge on any atom is -0.258 e. The molecule has 0 aliphatic carbocycles. The lowest BCUT2D eigenvalue weighted by molar-refractivity contribution is -0.385. The molecule has 0 bridgehead atoms. The maximum atomic E-state index is 10.9. The quantitative estimate of drug-likeness (QED) is 0.471. The third kappa shape index (κ3) is 3.03. The summed E-state index contributed by atoms with van der Waals surface area (Å²) < 4.78 is 0. The predicted molar refractivity (Wildman–Crippen MR) is 73.2 cm³/mol. The van der Waals surface area contributed by atoms with E-state index in [1.165, 1.54) is 11.8 Å². The molecule has 0 aliphatic heterocycles. The predicted octanol–water partition coefficient (Wildman–Crippen LogP) is 4.48. The van der Waals surface area contributed by atoms with Gasteiger partial charge in [0.25, 0.3) is 5.69 Å². The van der Waals surface area contributed by atoms with Crippen LogP contribution in [0.2, 0.25) is 0 Å². The van der Waals surface area contributed by atoms with E-state index in [0.29, 0.717) is 5.56 Å². The number of alkyl halides is 1. The molecule has 0 aliphatic rings. The van der Waals surface area contributed by atoms with Crippen LogP contribution in [0.3, 0.4) is 0 Å². The van der Waals surface area contributed by atoms with Crippen LogP contribution in [0.1, 0.15) is 5.56 Å². The minimum absolute atomic E-state index is 0.0749. The number of benzene rings is 2. The first-order valence-electron chi connectivity index (χ1n) is 5.27. The molecular formula is C13H10ClNO2S. The molecule has 0 amide bonds. The molecule has 18 heavy (non-hydrogen) atoms. The fraction of sp³-hybridized carbons (Fsp3) is 0.0769. The molecule has 92 valence electrons. The molecule has 3 nitrogen and oxygen atoms in total. The molecule has 2 aromatic carbocycles. The SMILES string of the molecule is O=[N+]([O-])c1cc(Sc2ccccc2)ccc1CCl. The Bertz CT molecular complexity index is 560. The van der Waals surface area contributed by atoms with Gasteiger partial charge in [0.15, 0.2) is 0 Å². The highest BCUT2D eigenvalue weighted by molar-refractivity contribution is 7.99. The van der Waals surface area contributed by atoms with Crippen molar-refractivity contribution in [1.82, 2.24) is 0 Å². The van der Waals surface area contributed by atoms with E-state index in [2.05, 4.69) is 0 Å². The summed E-state index contributed by atoms with van der Waals surface area (Å²) in [6.45, 7) is 0. The molecule has 0 N–H and O–H groups in total. The zero-order valence-corrected chi connectivity index (χ0v) is 10.9. The molecule has 0 unspecified atom stereocenters. The van der Waals surface area contributed by atoms with Crippen LogP contribution >= 0.6 is 23.4 Å². The first-order chi connectivity index (χ1) is 8.70. The van der Waals surface area contributed by atoms with Crippen molar-refractivity contribution in [2.75, 3.05) is 0 Å². The number of rotatable bonds is 4. The summed E-state index contributed by atoms with van der Waals surface area (Å²) >= 11 is 7.17. The van der Waals surface area contributed by atoms with Crippen molar-refractivity contribution >= 4 is 29.1 Å². The van der Waals surface area contributed by atoms with E-state index in [-0.39, 0.29) is 11.6 Å². The number of hydrogen-bond acceptors (Lipinski definition) is 3. The summed E-state index contributed by atoms with van der Waals surface area (Å²) in [5.74, 6) is 0.145. The van der Waals surface area contributed by atoms with E-state index in [1.807, 2.05) is 36.4 Å². The van der Waals surface area contributed by atoms with Crippen molar-refractivity contribution in [1.29, 1.82) is 0 Å². The number of hydrogen-bond donors (Lipinski definition) is 0. The molecule has 0 saturated heterocycles. The largest absolute Gasteiger partial charge is 0.274 e. The fourth-order valence-electron chi connectivity index (χ4n) is 1.51. The zero-order chi connectivity index (χ0) is 13.0. The highest BCUT2D eigenvalue weighted by Gasteiger charge is 2.13. The van der Waals surface area contributed by atoms with Gasteiger partial charge in [0.1, 0.15) is 0 Å². The standard InChI is InChI=1S/C13H10ClNO2S/c14-9-10-6-7-12(8-13(10)15(16)17)18-11-4-2-1-3-5-11/h1-8H,9H2. The van der Waals surface area contributed by atoms with Gasteiger partial charge in [-0.2, -0.15) is 0 Å². The second-order valence-corrected chi connectivity index (χ2v) is 5.01. The Morgan fingerprint density at radius 3 is 2.44 bits per heavy atom. The number of halogens is 1. The summed E-state index contributed by atoms with van der Waals surface area (Å²) in [7, 11) is 0. The molecule has 2 rings (SSSR count). The van der Waals surface area contributed by atoms with Gasteiger partial charge in [-0.25, -0.2) is 0 Å². The average Bonchev–Trinajstić information content (AvgIpc) is 2.40. The summed E-state index contributed by atoms with van der Waals surface area (Å²) in [6, 6.07) is 14.9. The minimum atomic E-state index is -0.396. The lowest BCUT2D eigenvalue weighted by Crippen LogP contribution is -1.93. The van der Waals surface area contributed by atoms with E-state index in [4.69, 9.17) is 11.6 Å². The van der Waals surface area contributed by atoms with Crippen LogP contribution in [0.5, 0.6) is 0 Å². The zero-order valence-electron chi connectivity index (χ0n) is 9.38. The highest BCUT2D eigenvalue weighted by atomic mass is 35.5. The van der Waals surface area contributed by atoms with Gasteiger partial charge in [-0.15, -0.1) is 11.6 Å². The van der Waals surface area contributed by atoms with Gasteiger partial charge in [0.05, 0.1) is 10.8 Å². The maximum Gasteiger partial charge on any atom is 0.274 e. The van der Waals surface area contributed by atoms with Gasteiger partial charge in [-0.3, -0.25) is 10.1 Å². The monoisotopic (exact) mass is 279 g/mol. The molecule has 0 spiro atoms. The van der Waals surface area contributed by atoms with Crippen molar-refractivity contribution < 1.29 is 4.92 Å². The Morgan fingerprint density at radius 1 is 1.11 bits per heavy atom. The number of nitro groups is 1. The molecule has 2 aromatic rings. The maximum absolute atomic E-state index is 10.9. The van der Waals surface area contributed by atoms with Crippen molar-refractivity contribution in [3.8, 4) is 0 Å². The van der Waals surface area contributed by atoms with E-state index >= 15 is 0 Å². The number of nitrogens with zero attached hydrogens (tertiary/aromatic N) is 1. The van der Waals surface area contributed by atoms with Crippen LogP contribution in [0.15, 0.2) is 58.3 Å². The molecular weight excluding hydrogens is 270 g/mol. The van der Waals surface area contributed by atoms with Gasteiger partial charge in [0.2, 0.25) is 0 Å². The molecule has 0 heterocycles. The van der Waals surface area contributed by atoms with Crippen LogP contribution in [0.4, 0.5) is 5.69 Å². The smallest absolute Gasteiger partial charge is 0.258 e. The van der Waals surface area contributed by atoms with Crippen LogP contribution in [0, 0.1) is 10.1 Å². The third-order valence-electron chi connectivity index (χ3n) is 2.38. The molecule has 0 radical (unpaired) electrons. The third-order valence-corrected chi connectivity index (χ3v) is 3.66. The van der Waals surface area contributed by atoms with Crippen molar-refractivity contribution in [2.24, 2.45) is 0 Å². The Hall–Kier alpha value is -1.52. The average molecular weight is 280 g/mol. The summed E-state index contributed by atoms with van der Waals surface area (Å²) in [5, 5.41) is 10.9. The lowest BCUT2D eigenvalue weighted by Gasteiger charge is -2.04. The van der Waals surface area contributed by atoms with Gasteiger partial charge in [-0.1, -0.05) is 30.0 Å². The molecule has 0 saturated carbocycles. The first-order valence-corrected chi connectivity index (χ1v) is 6.62. The Labute approximate surface area is 114 Å². The van der Waals surface area contributed by atoms with E-state index in [9.17, 15) is 10.1 Å². The highest BCUT2D eigenvalue weighted by Crippen LogP contribution is 2.32. The van der Waals surface area contributed by atoms with Crippen molar-refractivity contribution in [3.05, 3.63) is 64.2 Å². The first kappa shape index (κ1) is 12.9. The summed E-state index contributed by atoms with van der Waals surface area (Å²) in [5.41, 5.74) is 0.616. The molecule has 0 fully saturated rings. The van der Waals surface area contributed by atoms with E-state index in [1.54, 1.807) is 12.1 Å². The Balaban J connectivity index is 2.30. The molecule has 0 aromatic heterocycles. The lowest BCUT2D eigenvalue weighted by atomic mass is 10.2. The van der Waals surface area contributed by atoms with E-state index < -0.39 is 4.92 Å². The second-order valence-electron chi connectivity index (χ2n) is 3.60. The normalized spacial score (nSPS) is 10.3. The van der Waals surface area contributed by atoms with Gasteiger partial charge >= 0.3 is 0 Å². The summed E-state index contributed by atoms with van der Waals surface area (Å²) in [6.07, 6.45) is 0. The Morgan fingerprint density at radius 2 is 1.83 bits per heavy atom. The Kier molecular flexibility index (Phi) is 4.23. The second kappa shape index (κ2) is 5.89. The molecule has 0 atom stereocenters. The van der Waals surface area contributed by atoms with Crippen LogP contribution in [-0.2, 0) is 5.88 Å². The van der Waals surface area contributed by atoms with Crippen LogP contribution in [0.25, 0.3) is 0 Å². The number of nitro benzene ring substituents is 1. The molecule has 5 heteroatoms. The fourth-order valence-corrected chi connectivity index (χ4v) is 2.61. The van der Waals surface area contributed by atoms with Crippen molar-refractivity contribution in [2.45, 2.75) is 15.7 Å². The topological polar surface area (TPSA) is 43.1 Å². The van der Waals surface area contributed by atoms with Crippen LogP contribution in [-0.4, -0.2) is 4.92 Å². The van der Waals surface area contributed by atoms with Gasteiger partial charge < -0.3 is 0 Å². The summed E-state index contributed by atoms with van der Waals surface area (Å²) in [4.78, 5) is 12.4. The van der Waals surface area contributed by atoms with Gasteiger partial charge in [-0.05, 0) is 24.3 Å². The van der Waals surface area contributed by atoms with Gasteiger partial charge in [0, 0.05) is 21.4 Å². The van der Waals surface area contributed by atoms with E-state index in [0.717, 1.165) is 9.79 Å².